The number of carbonyl (C=O) groups is 2. The van der Waals surface area contributed by atoms with Crippen molar-refractivity contribution in [3.05, 3.63) is 90.5 Å². The third-order valence-corrected chi connectivity index (χ3v) is 6.64. The van der Waals surface area contributed by atoms with Gasteiger partial charge in [-0.2, -0.15) is 0 Å². The van der Waals surface area contributed by atoms with Crippen molar-refractivity contribution in [2.45, 2.75) is 32.3 Å². The fourth-order valence-electron chi connectivity index (χ4n) is 4.45. The molecule has 1 heterocycles. The zero-order valence-electron chi connectivity index (χ0n) is 23.7. The molecular formula is C32H27NNa2O7. The van der Waals surface area contributed by atoms with Crippen LogP contribution in [-0.4, -0.2) is 23.5 Å². The molecule has 0 aliphatic heterocycles. The van der Waals surface area contributed by atoms with Gasteiger partial charge in [0.15, 0.2) is 5.58 Å². The van der Waals surface area contributed by atoms with Crippen LogP contribution >= 0.6 is 0 Å². The average molecular weight is 584 g/mol. The minimum atomic E-state index is -1.61. The maximum Gasteiger partial charge on any atom is 1.00 e. The van der Waals surface area contributed by atoms with Crippen LogP contribution in [0.2, 0.25) is 0 Å². The van der Waals surface area contributed by atoms with Crippen LogP contribution in [0, 0.1) is 5.92 Å². The van der Waals surface area contributed by atoms with Crippen LogP contribution in [0.4, 0.5) is 0 Å². The van der Waals surface area contributed by atoms with Crippen LogP contribution in [0.25, 0.3) is 33.3 Å². The molecule has 0 spiro atoms. The van der Waals surface area contributed by atoms with Crippen molar-refractivity contribution >= 4 is 33.8 Å². The summed E-state index contributed by atoms with van der Waals surface area (Å²) < 4.78 is 17.8. The maximum absolute atomic E-state index is 10.8. The molecule has 5 aromatic rings. The van der Waals surface area contributed by atoms with Crippen molar-refractivity contribution in [1.29, 1.82) is 0 Å². The van der Waals surface area contributed by atoms with Crippen LogP contribution in [0.5, 0.6) is 11.5 Å². The number of hydrogen-bond acceptors (Lipinski definition) is 8. The molecule has 8 nitrogen and oxygen atoms in total. The van der Waals surface area contributed by atoms with Crippen molar-refractivity contribution in [2.24, 2.45) is 5.92 Å². The van der Waals surface area contributed by atoms with Crippen molar-refractivity contribution in [2.75, 3.05) is 6.61 Å². The molecule has 0 radical (unpaired) electrons. The molecule has 0 saturated carbocycles. The molecular weight excluding hydrogens is 556 g/mol. The molecule has 0 unspecified atom stereocenters. The van der Waals surface area contributed by atoms with E-state index in [-0.39, 0.29) is 65.5 Å². The first-order valence-corrected chi connectivity index (χ1v) is 13.1. The van der Waals surface area contributed by atoms with E-state index in [4.69, 9.17) is 13.9 Å². The van der Waals surface area contributed by atoms with E-state index in [0.717, 1.165) is 27.4 Å². The van der Waals surface area contributed by atoms with Crippen LogP contribution in [0.1, 0.15) is 31.2 Å². The quantitative estimate of drug-likeness (QED) is 0.0912. The summed E-state index contributed by atoms with van der Waals surface area (Å²) in [5.74, 6) is -2.83. The van der Waals surface area contributed by atoms with E-state index in [1.165, 1.54) is 0 Å². The van der Waals surface area contributed by atoms with Gasteiger partial charge in [-0.15, -0.1) is 0 Å². The Kier molecular flexibility index (Phi) is 12.9. The van der Waals surface area contributed by atoms with E-state index in [9.17, 15) is 19.8 Å². The number of unbranched alkanes of at least 4 members (excludes halogenated alkanes) is 2. The Morgan fingerprint density at radius 3 is 2.21 bits per heavy atom. The number of hydrogen-bond donors (Lipinski definition) is 0. The van der Waals surface area contributed by atoms with E-state index in [1.54, 1.807) is 0 Å². The zero-order valence-corrected chi connectivity index (χ0v) is 27.7. The number of fused-ring (bicyclic) bond motifs is 2. The van der Waals surface area contributed by atoms with Gasteiger partial charge in [-0.05, 0) is 65.6 Å². The van der Waals surface area contributed by atoms with E-state index >= 15 is 0 Å². The standard InChI is InChI=1S/C32H29NO7.2Na/c34-31(35)27(32(36)37)9-5-2-6-16-38-25-13-12-22-17-24(11-10-23(22)18-25)30-33-28-15-14-26(19-29(28)40-30)39-20-21-7-3-1-4-8-21;;/h1,3-4,7-8,10-15,17-19,27H,2,5-6,9,16,20H2,(H,34,35)(H,36,37);;/q;2*+1/p-2. The Hall–Kier alpha value is -2.85. The molecule has 4 aromatic carbocycles. The Morgan fingerprint density at radius 2 is 1.45 bits per heavy atom. The van der Waals surface area contributed by atoms with Gasteiger partial charge in [0.05, 0.1) is 18.5 Å². The summed E-state index contributed by atoms with van der Waals surface area (Å²) in [4.78, 5) is 26.2. The zero-order chi connectivity index (χ0) is 27.9. The predicted molar refractivity (Wildman–Crippen MR) is 145 cm³/mol. The molecule has 1 aromatic heterocycles. The van der Waals surface area contributed by atoms with E-state index in [1.807, 2.05) is 84.9 Å². The molecule has 0 saturated heterocycles. The number of nitrogens with zero attached hydrogens (tertiary/aromatic N) is 1. The van der Waals surface area contributed by atoms with Crippen LogP contribution in [0.15, 0.2) is 89.3 Å². The number of carbonyl (C=O) groups excluding carboxylic acids is 2. The first-order valence-electron chi connectivity index (χ1n) is 13.1. The Morgan fingerprint density at radius 1 is 0.762 bits per heavy atom. The monoisotopic (exact) mass is 583 g/mol. The van der Waals surface area contributed by atoms with Crippen LogP contribution in [0.3, 0.4) is 0 Å². The van der Waals surface area contributed by atoms with Crippen LogP contribution < -0.4 is 78.8 Å². The Balaban J connectivity index is 0.00000242. The summed E-state index contributed by atoms with van der Waals surface area (Å²) in [6, 6.07) is 27.4. The maximum atomic E-state index is 10.8. The Bertz CT molecular complexity index is 1620. The van der Waals surface area contributed by atoms with Gasteiger partial charge >= 0.3 is 59.1 Å². The molecule has 0 bridgehead atoms. The van der Waals surface area contributed by atoms with Crippen molar-refractivity contribution < 1.29 is 92.8 Å². The molecule has 204 valence electrons. The second kappa shape index (κ2) is 16.1. The summed E-state index contributed by atoms with van der Waals surface area (Å²) in [7, 11) is 0. The van der Waals surface area contributed by atoms with E-state index in [2.05, 4.69) is 4.98 Å². The van der Waals surface area contributed by atoms with Crippen molar-refractivity contribution in [1.82, 2.24) is 4.98 Å². The summed E-state index contributed by atoms with van der Waals surface area (Å²) >= 11 is 0. The summed E-state index contributed by atoms with van der Waals surface area (Å²) in [5.41, 5.74) is 3.35. The molecule has 0 aliphatic rings. The second-order valence-electron chi connectivity index (χ2n) is 9.54. The number of rotatable bonds is 13. The molecule has 0 N–H and O–H groups in total. The third-order valence-electron chi connectivity index (χ3n) is 6.64. The van der Waals surface area contributed by atoms with Crippen LogP contribution in [-0.2, 0) is 16.2 Å². The van der Waals surface area contributed by atoms with Gasteiger partial charge in [0, 0.05) is 17.5 Å². The second-order valence-corrected chi connectivity index (χ2v) is 9.54. The first kappa shape index (κ1) is 33.6. The smallest absolute Gasteiger partial charge is 0.549 e. The fraction of sp³-hybridized carbons (Fsp3) is 0.219. The van der Waals surface area contributed by atoms with Crippen molar-refractivity contribution in [3.8, 4) is 23.0 Å². The predicted octanol–water partition coefficient (Wildman–Crippen LogP) is -1.71. The minimum Gasteiger partial charge on any atom is -0.549 e. The van der Waals surface area contributed by atoms with Crippen molar-refractivity contribution in [3.63, 3.8) is 0 Å². The summed E-state index contributed by atoms with van der Waals surface area (Å²) in [6.07, 6.45) is 1.74. The largest absolute Gasteiger partial charge is 1.00 e. The van der Waals surface area contributed by atoms with E-state index < -0.39 is 17.9 Å². The van der Waals surface area contributed by atoms with Gasteiger partial charge in [0.25, 0.3) is 0 Å². The molecule has 0 fully saturated rings. The molecule has 42 heavy (non-hydrogen) atoms. The summed E-state index contributed by atoms with van der Waals surface area (Å²) in [5, 5.41) is 23.6. The fourth-order valence-corrected chi connectivity index (χ4v) is 4.45. The van der Waals surface area contributed by atoms with E-state index in [0.29, 0.717) is 55.4 Å². The topological polar surface area (TPSA) is 125 Å². The number of ether oxygens (including phenoxy) is 2. The molecule has 5 rings (SSSR count). The first-order chi connectivity index (χ1) is 19.5. The SMILES string of the molecule is O=C([O-])C(CCCCCOc1ccc2cc(-c3nc4ccc(OCc5ccccc5)cc4o3)ccc2c1)C(=O)[O-].[Na+].[Na+]. The number of carboxylic acids is 2. The third kappa shape index (κ3) is 8.83. The normalized spacial score (nSPS) is 10.7. The Labute approximate surface area is 287 Å². The number of aromatic nitrogens is 1. The molecule has 0 atom stereocenters. The van der Waals surface area contributed by atoms with Gasteiger partial charge in [0.1, 0.15) is 23.6 Å². The molecule has 10 heteroatoms. The van der Waals surface area contributed by atoms with Gasteiger partial charge < -0.3 is 33.7 Å². The number of carboxylic acid groups (broad SMARTS) is 2. The van der Waals surface area contributed by atoms with Gasteiger partial charge in [-0.1, -0.05) is 55.3 Å². The van der Waals surface area contributed by atoms with Gasteiger partial charge in [-0.3, -0.25) is 0 Å². The average Bonchev–Trinajstić information content (AvgIpc) is 3.39. The van der Waals surface area contributed by atoms with Gasteiger partial charge in [-0.25, -0.2) is 4.98 Å². The minimum absolute atomic E-state index is 0. The number of benzene rings is 4. The van der Waals surface area contributed by atoms with Gasteiger partial charge in [0.2, 0.25) is 5.89 Å². The molecule has 0 amide bonds. The number of aliphatic carboxylic acids is 2. The summed E-state index contributed by atoms with van der Waals surface area (Å²) in [6.45, 7) is 0.907. The number of oxazole rings is 1. The molecule has 0 aliphatic carbocycles.